The van der Waals surface area contributed by atoms with Gasteiger partial charge < -0.3 is 15.4 Å². The molecule has 4 rings (SSSR count). The van der Waals surface area contributed by atoms with Crippen LogP contribution in [-0.2, 0) is 14.3 Å². The van der Waals surface area contributed by atoms with Crippen molar-refractivity contribution in [3.05, 3.63) is 44.7 Å². The molecule has 11 heteroatoms. The normalized spacial score (nSPS) is 18.3. The number of pyridine rings is 1. The topological polar surface area (TPSA) is 110 Å². The average Bonchev–Trinajstić information content (AvgIpc) is 3.11. The summed E-state index contributed by atoms with van der Waals surface area (Å²) in [6.07, 6.45) is 5.20. The smallest absolute Gasteiger partial charge is 0.267 e. The van der Waals surface area contributed by atoms with Crippen molar-refractivity contribution in [1.29, 1.82) is 0 Å². The number of hydrogen-bond acceptors (Lipinski definition) is 8. The van der Waals surface area contributed by atoms with Gasteiger partial charge in [0.25, 0.3) is 11.5 Å². The molecule has 9 nitrogen and oxygen atoms in total. The zero-order valence-corrected chi connectivity index (χ0v) is 21.5. The first kappa shape index (κ1) is 25.3. The van der Waals surface area contributed by atoms with Crippen LogP contribution in [0.3, 0.4) is 0 Å². The predicted octanol–water partition coefficient (Wildman–Crippen LogP) is 2.33. The van der Waals surface area contributed by atoms with E-state index in [1.54, 1.807) is 23.2 Å². The number of fused-ring (bicyclic) bond motifs is 1. The lowest BCUT2D eigenvalue weighted by atomic mass is 9.96. The number of thioether (sulfide) groups is 1. The molecule has 2 fully saturated rings. The SMILES string of the molecule is CCOCCCN1C(=O)/C(=C\c2c(N3CCC(C(N)=O)CC3)nc3ccc(C)cn3c2=O)SC1=S. The monoisotopic (exact) mass is 515 g/mol. The third-order valence-electron chi connectivity index (χ3n) is 6.21. The molecule has 0 unspecified atom stereocenters. The molecule has 0 aromatic carbocycles. The minimum absolute atomic E-state index is 0.188. The van der Waals surface area contributed by atoms with Crippen LogP contribution in [0.15, 0.2) is 28.0 Å². The van der Waals surface area contributed by atoms with Crippen LogP contribution < -0.4 is 16.2 Å². The highest BCUT2D eigenvalue weighted by molar-refractivity contribution is 8.26. The van der Waals surface area contributed by atoms with Gasteiger partial charge in [-0.1, -0.05) is 30.0 Å². The van der Waals surface area contributed by atoms with E-state index in [-0.39, 0.29) is 23.3 Å². The third-order valence-corrected chi connectivity index (χ3v) is 7.58. The van der Waals surface area contributed by atoms with Gasteiger partial charge in [0.15, 0.2) is 0 Å². The number of aromatic nitrogens is 2. The second-order valence-electron chi connectivity index (χ2n) is 8.64. The van der Waals surface area contributed by atoms with E-state index in [9.17, 15) is 14.4 Å². The number of amides is 2. The van der Waals surface area contributed by atoms with Crippen LogP contribution >= 0.6 is 24.0 Å². The maximum atomic E-state index is 13.6. The van der Waals surface area contributed by atoms with Crippen LogP contribution in [0.2, 0.25) is 0 Å². The van der Waals surface area contributed by atoms with Crippen LogP contribution in [-0.4, -0.2) is 63.3 Å². The van der Waals surface area contributed by atoms with E-state index >= 15 is 0 Å². The van der Waals surface area contributed by atoms with Crippen molar-refractivity contribution in [3.63, 3.8) is 0 Å². The Morgan fingerprint density at radius 3 is 2.74 bits per heavy atom. The summed E-state index contributed by atoms with van der Waals surface area (Å²) in [7, 11) is 0. The molecule has 2 amide bonds. The Hall–Kier alpha value is -2.76. The fraction of sp³-hybridized carbons (Fsp3) is 0.458. The number of aryl methyl sites for hydroxylation is 1. The summed E-state index contributed by atoms with van der Waals surface area (Å²) >= 11 is 6.63. The summed E-state index contributed by atoms with van der Waals surface area (Å²) in [4.78, 5) is 47.1. The van der Waals surface area contributed by atoms with Crippen molar-refractivity contribution >= 4 is 57.7 Å². The summed E-state index contributed by atoms with van der Waals surface area (Å²) in [5.41, 5.74) is 7.01. The van der Waals surface area contributed by atoms with Gasteiger partial charge in [0.05, 0.1) is 10.5 Å². The maximum Gasteiger partial charge on any atom is 0.267 e. The highest BCUT2D eigenvalue weighted by Crippen LogP contribution is 2.34. The molecule has 2 aliphatic heterocycles. The Kier molecular flexibility index (Phi) is 7.88. The molecular formula is C24H29N5O4S2. The van der Waals surface area contributed by atoms with Gasteiger partial charge in [0.2, 0.25) is 5.91 Å². The van der Waals surface area contributed by atoms with E-state index in [1.165, 1.54) is 16.2 Å². The number of ether oxygens (including phenoxy) is 1. The van der Waals surface area contributed by atoms with E-state index in [2.05, 4.69) is 0 Å². The number of piperidine rings is 1. The Morgan fingerprint density at radius 1 is 1.31 bits per heavy atom. The highest BCUT2D eigenvalue weighted by Gasteiger charge is 2.33. The van der Waals surface area contributed by atoms with E-state index in [4.69, 9.17) is 27.7 Å². The number of anilines is 1. The largest absolute Gasteiger partial charge is 0.382 e. The first-order valence-electron chi connectivity index (χ1n) is 11.7. The van der Waals surface area contributed by atoms with Crippen molar-refractivity contribution in [1.82, 2.24) is 14.3 Å². The fourth-order valence-electron chi connectivity index (χ4n) is 4.28. The second kappa shape index (κ2) is 10.9. The Bertz CT molecular complexity index is 1250. The lowest BCUT2D eigenvalue weighted by Gasteiger charge is -2.32. The molecule has 2 aromatic rings. The highest BCUT2D eigenvalue weighted by atomic mass is 32.2. The molecule has 186 valence electrons. The molecule has 0 bridgehead atoms. The Balaban J connectivity index is 1.71. The van der Waals surface area contributed by atoms with Crippen molar-refractivity contribution in [3.8, 4) is 0 Å². The Morgan fingerprint density at radius 2 is 2.06 bits per heavy atom. The first-order valence-corrected chi connectivity index (χ1v) is 12.9. The molecule has 0 aliphatic carbocycles. The van der Waals surface area contributed by atoms with Crippen molar-refractivity contribution in [2.75, 3.05) is 37.7 Å². The zero-order valence-electron chi connectivity index (χ0n) is 19.9. The summed E-state index contributed by atoms with van der Waals surface area (Å²) in [5, 5.41) is 0. The van der Waals surface area contributed by atoms with Gasteiger partial charge in [0.1, 0.15) is 15.8 Å². The van der Waals surface area contributed by atoms with Gasteiger partial charge in [-0.05, 0) is 50.8 Å². The maximum absolute atomic E-state index is 13.6. The van der Waals surface area contributed by atoms with Gasteiger partial charge in [0, 0.05) is 45.0 Å². The molecule has 2 aromatic heterocycles. The van der Waals surface area contributed by atoms with Crippen LogP contribution in [0.4, 0.5) is 5.82 Å². The minimum Gasteiger partial charge on any atom is -0.382 e. The molecule has 0 spiro atoms. The molecule has 0 radical (unpaired) electrons. The van der Waals surface area contributed by atoms with Gasteiger partial charge in [-0.3, -0.25) is 23.7 Å². The quantitative estimate of drug-likeness (QED) is 0.324. The van der Waals surface area contributed by atoms with Crippen LogP contribution in [0.5, 0.6) is 0 Å². The minimum atomic E-state index is -0.306. The number of nitrogens with zero attached hydrogens (tertiary/aromatic N) is 4. The molecule has 2 saturated heterocycles. The van der Waals surface area contributed by atoms with Gasteiger partial charge in [-0.2, -0.15) is 0 Å². The number of carbonyl (C=O) groups is 2. The van der Waals surface area contributed by atoms with E-state index in [0.29, 0.717) is 78.4 Å². The Labute approximate surface area is 213 Å². The van der Waals surface area contributed by atoms with Crippen LogP contribution in [0.1, 0.15) is 37.3 Å². The molecule has 2 aliphatic rings. The summed E-state index contributed by atoms with van der Waals surface area (Å²) in [6.45, 7) is 6.55. The molecule has 4 heterocycles. The van der Waals surface area contributed by atoms with Crippen LogP contribution in [0, 0.1) is 12.8 Å². The van der Waals surface area contributed by atoms with E-state index in [0.717, 1.165) is 5.56 Å². The summed E-state index contributed by atoms with van der Waals surface area (Å²) < 4.78 is 7.34. The van der Waals surface area contributed by atoms with E-state index in [1.807, 2.05) is 24.8 Å². The van der Waals surface area contributed by atoms with Crippen LogP contribution in [0.25, 0.3) is 11.7 Å². The lowest BCUT2D eigenvalue weighted by molar-refractivity contribution is -0.123. The zero-order chi connectivity index (χ0) is 25.1. The molecule has 0 saturated carbocycles. The third kappa shape index (κ3) is 5.41. The lowest BCUT2D eigenvalue weighted by Crippen LogP contribution is -2.40. The number of thiocarbonyl (C=S) groups is 1. The number of carbonyl (C=O) groups excluding carboxylic acids is 2. The summed E-state index contributed by atoms with van der Waals surface area (Å²) in [6, 6.07) is 3.70. The van der Waals surface area contributed by atoms with Gasteiger partial charge in [-0.25, -0.2) is 4.98 Å². The van der Waals surface area contributed by atoms with Gasteiger partial charge >= 0.3 is 0 Å². The number of rotatable bonds is 8. The number of primary amides is 1. The number of hydrogen-bond donors (Lipinski definition) is 1. The second-order valence-corrected chi connectivity index (χ2v) is 10.3. The van der Waals surface area contributed by atoms with Gasteiger partial charge in [-0.15, -0.1) is 0 Å². The fourth-order valence-corrected chi connectivity index (χ4v) is 5.57. The van der Waals surface area contributed by atoms with E-state index < -0.39 is 0 Å². The standard InChI is InChI=1S/C24H29N5O4S2/c1-3-33-12-4-9-28-23(32)18(35-24(28)34)13-17-21(27-10-7-16(8-11-27)20(25)30)26-19-6-5-15(2)14-29(19)22(17)31/h5-6,13-14,16H,3-4,7-12H2,1-2H3,(H2,25,30)/b18-13+. The molecule has 0 atom stereocenters. The summed E-state index contributed by atoms with van der Waals surface area (Å²) in [5.74, 6) is -0.209. The molecular weight excluding hydrogens is 486 g/mol. The average molecular weight is 516 g/mol. The van der Waals surface area contributed by atoms with Crippen molar-refractivity contribution in [2.24, 2.45) is 11.7 Å². The van der Waals surface area contributed by atoms with Crippen molar-refractivity contribution in [2.45, 2.75) is 33.1 Å². The molecule has 2 N–H and O–H groups in total. The first-order chi connectivity index (χ1) is 16.8. The van der Waals surface area contributed by atoms with Crippen molar-refractivity contribution < 1.29 is 14.3 Å². The molecule has 35 heavy (non-hydrogen) atoms. The predicted molar refractivity (Wildman–Crippen MR) is 141 cm³/mol. The number of nitrogens with two attached hydrogens (primary N) is 1.